The zero-order valence-electron chi connectivity index (χ0n) is 16.9. The van der Waals surface area contributed by atoms with Crippen molar-refractivity contribution in [2.45, 2.75) is 6.42 Å². The number of amides is 1. The molecule has 7 heteroatoms. The summed E-state index contributed by atoms with van der Waals surface area (Å²) in [4.78, 5) is 27.8. The number of nitrogens with zero attached hydrogens (tertiary/aromatic N) is 3. The summed E-state index contributed by atoms with van der Waals surface area (Å²) < 4.78 is 1.93. The summed E-state index contributed by atoms with van der Waals surface area (Å²) in [6, 6.07) is 23.6. The van der Waals surface area contributed by atoms with E-state index >= 15 is 0 Å². The van der Waals surface area contributed by atoms with Gasteiger partial charge in [-0.1, -0.05) is 68.3 Å². The Bertz CT molecular complexity index is 1340. The maximum atomic E-state index is 13.3. The number of carbonyl (C=O) groups excluding carboxylic acids is 1. The lowest BCUT2D eigenvalue weighted by atomic mass is 10.2. The number of nitrogens with one attached hydrogen (secondary N) is 1. The van der Waals surface area contributed by atoms with Crippen molar-refractivity contribution >= 4 is 60.7 Å². The van der Waals surface area contributed by atoms with Crippen LogP contribution < -0.4 is 0 Å². The highest BCUT2D eigenvalue weighted by molar-refractivity contribution is 9.10. The first-order chi connectivity index (χ1) is 15.6. The molecule has 4 aromatic rings. The van der Waals surface area contributed by atoms with Gasteiger partial charge in [-0.25, -0.2) is 9.98 Å². The average molecular weight is 550 g/mol. The Hall–Kier alpha value is -3.03. The fourth-order valence-corrected chi connectivity index (χ4v) is 4.33. The van der Waals surface area contributed by atoms with Crippen LogP contribution in [0.25, 0.3) is 17.1 Å². The van der Waals surface area contributed by atoms with Crippen LogP contribution in [0.2, 0.25) is 0 Å². The molecule has 0 spiro atoms. The fourth-order valence-electron chi connectivity index (χ4n) is 3.66. The fraction of sp³-hybridized carbons (Fsp3) is 0.0800. The van der Waals surface area contributed by atoms with E-state index in [0.717, 1.165) is 36.9 Å². The van der Waals surface area contributed by atoms with E-state index in [1.807, 2.05) is 78.9 Å². The van der Waals surface area contributed by atoms with E-state index in [0.29, 0.717) is 24.5 Å². The molecule has 0 atom stereocenters. The molecule has 5 rings (SSSR count). The number of halogens is 2. The number of imidazole rings is 1. The molecule has 0 bridgehead atoms. The molecular weight excluding hydrogens is 532 g/mol. The smallest absolute Gasteiger partial charge is 0.278 e. The molecule has 0 saturated heterocycles. The zero-order chi connectivity index (χ0) is 22.1. The molecule has 0 aliphatic carbocycles. The lowest BCUT2D eigenvalue weighted by Gasteiger charge is -2.18. The summed E-state index contributed by atoms with van der Waals surface area (Å²) in [6.07, 6.45) is 2.42. The third-order valence-electron chi connectivity index (χ3n) is 5.21. The van der Waals surface area contributed by atoms with Crippen LogP contribution in [0, 0.1) is 0 Å². The largest absolute Gasteiger partial charge is 0.342 e. The summed E-state index contributed by atoms with van der Waals surface area (Å²) >= 11 is 6.97. The summed E-state index contributed by atoms with van der Waals surface area (Å²) in [5.74, 6) is 1.38. The normalized spacial score (nSPS) is 15.1. The number of carbonyl (C=O) groups is 1. The molecule has 5 nitrogen and oxygen atoms in total. The van der Waals surface area contributed by atoms with Crippen molar-refractivity contribution in [3.8, 4) is 0 Å². The Kier molecular flexibility index (Phi) is 5.76. The number of hydrogen-bond donors (Lipinski definition) is 1. The zero-order valence-corrected chi connectivity index (χ0v) is 20.1. The van der Waals surface area contributed by atoms with E-state index in [1.54, 1.807) is 4.90 Å². The summed E-state index contributed by atoms with van der Waals surface area (Å²) in [5.41, 5.74) is 4.15. The van der Waals surface area contributed by atoms with Crippen molar-refractivity contribution in [2.24, 2.45) is 4.99 Å². The molecular formula is C25H18Br2N4O. The number of hydrogen-bond acceptors (Lipinski definition) is 3. The minimum atomic E-state index is -0.112. The van der Waals surface area contributed by atoms with Crippen LogP contribution in [0.5, 0.6) is 0 Å². The van der Waals surface area contributed by atoms with E-state index in [9.17, 15) is 4.79 Å². The number of aliphatic imine (C=N–C) groups is 1. The molecule has 0 radical (unpaired) electrons. The molecule has 0 unspecified atom stereocenters. The van der Waals surface area contributed by atoms with Gasteiger partial charge in [0.25, 0.3) is 5.91 Å². The first kappa shape index (κ1) is 20.8. The Morgan fingerprint density at radius 3 is 2.53 bits per heavy atom. The van der Waals surface area contributed by atoms with Gasteiger partial charge >= 0.3 is 0 Å². The van der Waals surface area contributed by atoms with Crippen LogP contribution in [0.15, 0.2) is 92.4 Å². The monoisotopic (exact) mass is 548 g/mol. The van der Waals surface area contributed by atoms with Crippen LogP contribution in [-0.4, -0.2) is 33.2 Å². The van der Waals surface area contributed by atoms with Crippen LogP contribution in [0.4, 0.5) is 0 Å². The van der Waals surface area contributed by atoms with Crippen LogP contribution in [0.3, 0.4) is 0 Å². The predicted octanol–water partition coefficient (Wildman–Crippen LogP) is 5.96. The highest BCUT2D eigenvalue weighted by Gasteiger charge is 2.31. The Labute approximate surface area is 202 Å². The van der Waals surface area contributed by atoms with E-state index in [1.165, 1.54) is 0 Å². The molecule has 3 aromatic carbocycles. The molecule has 1 aliphatic rings. The number of amidine groups is 1. The number of para-hydroxylation sites is 2. The number of rotatable bonds is 5. The van der Waals surface area contributed by atoms with Crippen LogP contribution >= 0.6 is 31.9 Å². The number of fused-ring (bicyclic) bond motifs is 1. The SMILES string of the molecule is O=C1C(=Cc2ccc(Br)cc2)N=C(c2cccc(Br)c2)N1CCc1nc2ccccc2[nH]1. The van der Waals surface area contributed by atoms with Crippen molar-refractivity contribution in [1.82, 2.24) is 14.9 Å². The maximum Gasteiger partial charge on any atom is 0.278 e. The standard InChI is InChI=1S/C25H18Br2N4O/c26-18-10-8-16(9-11-18)14-22-25(32)31(24(30-22)17-4-3-5-19(27)15-17)13-12-23-28-20-6-1-2-7-21(20)29-23/h1-11,14-15H,12-13H2,(H,28,29). The van der Waals surface area contributed by atoms with Gasteiger partial charge in [-0.15, -0.1) is 0 Å². The number of H-pyrrole nitrogens is 1. The topological polar surface area (TPSA) is 61.4 Å². The average Bonchev–Trinajstić information content (AvgIpc) is 3.34. The van der Waals surface area contributed by atoms with Gasteiger partial charge in [0.2, 0.25) is 0 Å². The predicted molar refractivity (Wildman–Crippen MR) is 134 cm³/mol. The second-order valence-corrected chi connectivity index (χ2v) is 9.27. The van der Waals surface area contributed by atoms with Gasteiger partial charge in [0.05, 0.1) is 11.0 Å². The van der Waals surface area contributed by atoms with Crippen LogP contribution in [-0.2, 0) is 11.2 Å². The minimum Gasteiger partial charge on any atom is -0.342 e. The van der Waals surface area contributed by atoms with Crippen molar-refractivity contribution in [1.29, 1.82) is 0 Å². The minimum absolute atomic E-state index is 0.112. The molecule has 1 N–H and O–H groups in total. The summed E-state index contributed by atoms with van der Waals surface area (Å²) in [7, 11) is 0. The molecule has 1 amide bonds. The van der Waals surface area contributed by atoms with Crippen LogP contribution in [0.1, 0.15) is 17.0 Å². The molecule has 32 heavy (non-hydrogen) atoms. The molecule has 0 fully saturated rings. The van der Waals surface area contributed by atoms with Crippen molar-refractivity contribution < 1.29 is 4.79 Å². The molecule has 158 valence electrons. The number of aromatic amines is 1. The molecule has 0 saturated carbocycles. The van der Waals surface area contributed by atoms with Gasteiger partial charge in [-0.05, 0) is 48.0 Å². The second kappa shape index (κ2) is 8.84. The van der Waals surface area contributed by atoms with Gasteiger partial charge < -0.3 is 4.98 Å². The van der Waals surface area contributed by atoms with Gasteiger partial charge in [0, 0.05) is 27.5 Å². The van der Waals surface area contributed by atoms with Gasteiger partial charge in [0.1, 0.15) is 17.4 Å². The van der Waals surface area contributed by atoms with E-state index in [-0.39, 0.29) is 5.91 Å². The van der Waals surface area contributed by atoms with Gasteiger partial charge in [0.15, 0.2) is 0 Å². The van der Waals surface area contributed by atoms with E-state index < -0.39 is 0 Å². The van der Waals surface area contributed by atoms with E-state index in [2.05, 4.69) is 41.8 Å². The van der Waals surface area contributed by atoms with Crippen molar-refractivity contribution in [2.75, 3.05) is 6.54 Å². The third kappa shape index (κ3) is 4.31. The molecule has 1 aliphatic heterocycles. The first-order valence-electron chi connectivity index (χ1n) is 10.1. The Morgan fingerprint density at radius 2 is 1.75 bits per heavy atom. The lowest BCUT2D eigenvalue weighted by molar-refractivity contribution is -0.122. The summed E-state index contributed by atoms with van der Waals surface area (Å²) in [6.45, 7) is 0.474. The second-order valence-electron chi connectivity index (χ2n) is 7.43. The van der Waals surface area contributed by atoms with E-state index in [4.69, 9.17) is 4.99 Å². The van der Waals surface area contributed by atoms with Gasteiger partial charge in [-0.3, -0.25) is 9.69 Å². The van der Waals surface area contributed by atoms with Crippen molar-refractivity contribution in [3.05, 3.63) is 104 Å². The quantitative estimate of drug-likeness (QED) is 0.312. The molecule has 2 heterocycles. The summed E-state index contributed by atoms with van der Waals surface area (Å²) in [5, 5.41) is 0. The molecule has 1 aromatic heterocycles. The Morgan fingerprint density at radius 1 is 0.938 bits per heavy atom. The number of benzene rings is 3. The van der Waals surface area contributed by atoms with Gasteiger partial charge in [-0.2, -0.15) is 0 Å². The maximum absolute atomic E-state index is 13.3. The highest BCUT2D eigenvalue weighted by atomic mass is 79.9. The Balaban J connectivity index is 1.46. The lowest BCUT2D eigenvalue weighted by Crippen LogP contribution is -2.34. The highest BCUT2D eigenvalue weighted by Crippen LogP contribution is 2.25. The first-order valence-corrected chi connectivity index (χ1v) is 11.7. The third-order valence-corrected chi connectivity index (χ3v) is 6.24. The number of aromatic nitrogens is 2. The van der Waals surface area contributed by atoms with Crippen molar-refractivity contribution in [3.63, 3.8) is 0 Å².